The molecule has 28 heavy (non-hydrogen) atoms. The summed E-state index contributed by atoms with van der Waals surface area (Å²) in [7, 11) is 3.94. The molecule has 2 amide bonds. The Morgan fingerprint density at radius 3 is 2.11 bits per heavy atom. The molecule has 1 saturated carbocycles. The van der Waals surface area contributed by atoms with Crippen LogP contribution in [0.5, 0.6) is 0 Å². The Balaban J connectivity index is 1.73. The molecule has 5 nitrogen and oxygen atoms in total. The van der Waals surface area contributed by atoms with Gasteiger partial charge in [0, 0.05) is 38.1 Å². The summed E-state index contributed by atoms with van der Waals surface area (Å²) in [5.41, 5.74) is 1.91. The summed E-state index contributed by atoms with van der Waals surface area (Å²) in [5, 5.41) is 2.94. The fraction of sp³-hybridized carbons (Fsp3) is 0.391. The van der Waals surface area contributed by atoms with Crippen LogP contribution in [0.4, 0.5) is 11.4 Å². The van der Waals surface area contributed by atoms with Crippen LogP contribution in [0.25, 0.3) is 0 Å². The summed E-state index contributed by atoms with van der Waals surface area (Å²) in [6.45, 7) is 4.51. The third kappa shape index (κ3) is 4.19. The van der Waals surface area contributed by atoms with E-state index >= 15 is 0 Å². The average molecular weight is 380 g/mol. The van der Waals surface area contributed by atoms with Gasteiger partial charge in [0.15, 0.2) is 0 Å². The van der Waals surface area contributed by atoms with Crippen LogP contribution in [0.3, 0.4) is 0 Å². The number of benzene rings is 2. The first-order valence-electron chi connectivity index (χ1n) is 9.77. The van der Waals surface area contributed by atoms with Crippen LogP contribution in [0.15, 0.2) is 54.6 Å². The highest BCUT2D eigenvalue weighted by atomic mass is 16.2. The summed E-state index contributed by atoms with van der Waals surface area (Å²) in [6.07, 6.45) is 1.21. The largest absolute Gasteiger partial charge is 0.378 e. The van der Waals surface area contributed by atoms with Gasteiger partial charge in [0.25, 0.3) is 0 Å². The van der Waals surface area contributed by atoms with Crippen LogP contribution < -0.4 is 10.2 Å². The molecule has 5 heteroatoms. The maximum absolute atomic E-state index is 13.3. The highest BCUT2D eigenvalue weighted by Gasteiger charge is 2.58. The van der Waals surface area contributed by atoms with Crippen molar-refractivity contribution in [1.82, 2.24) is 4.90 Å². The van der Waals surface area contributed by atoms with Gasteiger partial charge in [-0.15, -0.1) is 0 Å². The van der Waals surface area contributed by atoms with Gasteiger partial charge in [0.1, 0.15) is 5.41 Å². The fourth-order valence-electron chi connectivity index (χ4n) is 3.30. The van der Waals surface area contributed by atoms with Crippen molar-refractivity contribution < 1.29 is 9.59 Å². The summed E-state index contributed by atoms with van der Waals surface area (Å²) in [4.78, 5) is 30.1. The van der Waals surface area contributed by atoms with Crippen LogP contribution in [-0.4, -0.2) is 36.9 Å². The molecular weight excluding hydrogens is 350 g/mol. The van der Waals surface area contributed by atoms with Crippen molar-refractivity contribution in [2.75, 3.05) is 24.3 Å². The molecule has 0 heterocycles. The number of hydrogen-bond acceptors (Lipinski definition) is 3. The maximum atomic E-state index is 13.3. The van der Waals surface area contributed by atoms with Gasteiger partial charge in [-0.05, 0) is 56.5 Å². The van der Waals surface area contributed by atoms with Gasteiger partial charge >= 0.3 is 0 Å². The normalized spacial score (nSPS) is 14.5. The zero-order chi connectivity index (χ0) is 20.3. The molecule has 1 aliphatic rings. The smallest absolute Gasteiger partial charge is 0.240 e. The minimum absolute atomic E-state index is 0.0253. The molecule has 2 aromatic carbocycles. The SMILES string of the molecule is CC(C)N(Cc1ccccc1)C(=O)C1(C(=O)Nc2ccc(N(C)C)cc2)CC1. The highest BCUT2D eigenvalue weighted by Crippen LogP contribution is 2.48. The summed E-state index contributed by atoms with van der Waals surface area (Å²) in [5.74, 6) is -0.275. The number of amides is 2. The predicted molar refractivity (Wildman–Crippen MR) is 113 cm³/mol. The second-order valence-electron chi connectivity index (χ2n) is 7.99. The standard InChI is InChI=1S/C23H29N3O2/c1-17(2)26(16-18-8-6-5-7-9-18)22(28)23(14-15-23)21(27)24-19-10-12-20(13-11-19)25(3)4/h5-13,17H,14-16H2,1-4H3,(H,24,27). The van der Waals surface area contributed by atoms with Crippen LogP contribution in [0.1, 0.15) is 32.3 Å². The van der Waals surface area contributed by atoms with E-state index in [1.165, 1.54) is 0 Å². The number of nitrogens with one attached hydrogen (secondary N) is 1. The molecule has 2 aromatic rings. The molecule has 0 aromatic heterocycles. The van der Waals surface area contributed by atoms with E-state index in [9.17, 15) is 9.59 Å². The van der Waals surface area contributed by atoms with E-state index in [2.05, 4.69) is 5.32 Å². The maximum Gasteiger partial charge on any atom is 0.240 e. The van der Waals surface area contributed by atoms with Crippen molar-refractivity contribution in [2.24, 2.45) is 5.41 Å². The second kappa shape index (κ2) is 8.05. The molecule has 1 fully saturated rings. The first-order valence-corrected chi connectivity index (χ1v) is 9.77. The van der Waals surface area contributed by atoms with Gasteiger partial charge < -0.3 is 15.1 Å². The lowest BCUT2D eigenvalue weighted by molar-refractivity contribution is -0.144. The number of rotatable bonds is 7. The van der Waals surface area contributed by atoms with E-state index in [-0.39, 0.29) is 17.9 Å². The molecule has 3 rings (SSSR count). The van der Waals surface area contributed by atoms with Gasteiger partial charge in [0.05, 0.1) is 0 Å². The van der Waals surface area contributed by atoms with Gasteiger partial charge in [-0.25, -0.2) is 0 Å². The van der Waals surface area contributed by atoms with E-state index in [0.717, 1.165) is 11.3 Å². The predicted octanol–water partition coefficient (Wildman–Crippen LogP) is 3.91. The van der Waals surface area contributed by atoms with Crippen molar-refractivity contribution in [3.05, 3.63) is 60.2 Å². The molecule has 0 spiro atoms. The minimum atomic E-state index is -0.931. The average Bonchev–Trinajstić information content (AvgIpc) is 3.49. The van der Waals surface area contributed by atoms with E-state index < -0.39 is 5.41 Å². The molecule has 148 valence electrons. The number of nitrogens with zero attached hydrogens (tertiary/aromatic N) is 2. The summed E-state index contributed by atoms with van der Waals surface area (Å²) in [6, 6.07) is 17.6. The minimum Gasteiger partial charge on any atom is -0.378 e. The topological polar surface area (TPSA) is 52.7 Å². The van der Waals surface area contributed by atoms with Gasteiger partial charge in [0.2, 0.25) is 11.8 Å². The fourth-order valence-corrected chi connectivity index (χ4v) is 3.30. The Morgan fingerprint density at radius 1 is 1.00 bits per heavy atom. The summed E-state index contributed by atoms with van der Waals surface area (Å²) >= 11 is 0. The lowest BCUT2D eigenvalue weighted by Crippen LogP contribution is -2.45. The lowest BCUT2D eigenvalue weighted by Gasteiger charge is -2.30. The van der Waals surface area contributed by atoms with Gasteiger partial charge in [-0.2, -0.15) is 0 Å². The Labute approximate surface area is 167 Å². The van der Waals surface area contributed by atoms with Crippen molar-refractivity contribution in [3.8, 4) is 0 Å². The molecule has 0 radical (unpaired) electrons. The molecule has 0 atom stereocenters. The quantitative estimate of drug-likeness (QED) is 0.742. The monoisotopic (exact) mass is 379 g/mol. The van der Waals surface area contributed by atoms with Crippen molar-refractivity contribution >= 4 is 23.2 Å². The third-order valence-electron chi connectivity index (χ3n) is 5.32. The molecular formula is C23H29N3O2. The number of carbonyl (C=O) groups is 2. The van der Waals surface area contributed by atoms with Crippen LogP contribution >= 0.6 is 0 Å². The Kier molecular flexibility index (Phi) is 5.73. The molecule has 0 saturated heterocycles. The first-order chi connectivity index (χ1) is 13.3. The van der Waals surface area contributed by atoms with E-state index in [1.807, 2.05) is 92.3 Å². The molecule has 0 bridgehead atoms. The zero-order valence-electron chi connectivity index (χ0n) is 17.1. The molecule has 1 N–H and O–H groups in total. The zero-order valence-corrected chi connectivity index (χ0v) is 17.1. The lowest BCUT2D eigenvalue weighted by atomic mass is 10.0. The second-order valence-corrected chi connectivity index (χ2v) is 7.99. The van der Waals surface area contributed by atoms with Crippen molar-refractivity contribution in [2.45, 2.75) is 39.3 Å². The van der Waals surface area contributed by atoms with Crippen LogP contribution in [-0.2, 0) is 16.1 Å². The van der Waals surface area contributed by atoms with Gasteiger partial charge in [-0.1, -0.05) is 30.3 Å². The van der Waals surface area contributed by atoms with E-state index in [0.29, 0.717) is 25.1 Å². The number of anilines is 2. The number of carbonyl (C=O) groups excluding carboxylic acids is 2. The van der Waals surface area contributed by atoms with Crippen LogP contribution in [0.2, 0.25) is 0 Å². The van der Waals surface area contributed by atoms with Crippen LogP contribution in [0, 0.1) is 5.41 Å². The summed E-state index contributed by atoms with van der Waals surface area (Å²) < 4.78 is 0. The molecule has 1 aliphatic carbocycles. The van der Waals surface area contributed by atoms with E-state index in [4.69, 9.17) is 0 Å². The van der Waals surface area contributed by atoms with Crippen molar-refractivity contribution in [3.63, 3.8) is 0 Å². The Morgan fingerprint density at radius 2 is 1.61 bits per heavy atom. The number of hydrogen-bond donors (Lipinski definition) is 1. The van der Waals surface area contributed by atoms with E-state index in [1.54, 1.807) is 0 Å². The van der Waals surface area contributed by atoms with Gasteiger partial charge in [-0.3, -0.25) is 9.59 Å². The Hall–Kier alpha value is -2.82. The molecule has 0 unspecified atom stereocenters. The third-order valence-corrected chi connectivity index (χ3v) is 5.32. The first kappa shape index (κ1) is 19.9. The Bertz CT molecular complexity index is 825. The van der Waals surface area contributed by atoms with Crippen molar-refractivity contribution in [1.29, 1.82) is 0 Å². The molecule has 0 aliphatic heterocycles. The highest BCUT2D eigenvalue weighted by molar-refractivity contribution is 6.13.